The van der Waals surface area contributed by atoms with Gasteiger partial charge < -0.3 is 31.5 Å². The summed E-state index contributed by atoms with van der Waals surface area (Å²) in [5, 5.41) is 48.8. The van der Waals surface area contributed by atoms with Crippen molar-refractivity contribution in [3.05, 3.63) is 294 Å². The SMILES string of the molecule is Cc1cc(Nc2nc(-c3ccccc3)cc3cncn23)n[nH]1.Cc1cc(Nc2nc(N3CCCCC3)cc3cncn23)n[nH]1.Cc1cc(Nc2nc(Sc3ccc(CC(=O)C4CC4)cc3)cc3cnc(Cl)n23)n[nH]1.Cc1cc(Sc2cc3cncn3c(Nc3ccc(CC(=O)C4CC4)cc3)n2)n[nH]1.O=C(Cc1ccc(Sc2cc3cncn3c(NC3=NCc4ccccc43)n2)cc1)C1CC1. The molecule has 4 fully saturated rings. The number of benzene rings is 5. The maximum atomic E-state index is 12.1. The number of aromatic nitrogens is 23. The van der Waals surface area contributed by atoms with E-state index >= 15 is 0 Å². The highest BCUT2D eigenvalue weighted by atomic mass is 35.5. The standard InChI is InChI=1S/C25H21N5OS.C21H19ClN6OS.C21H20N6OS.C16H14N6.C15H19N7/c31-22(17-7-8-17)11-16-5-9-20(10-6-16)32-23-12-19-14-26-15-30(19)25(28-23)29-24-21-4-2-1-3-18(21)13-27-24;1-12-8-18(27-26-12)24-21-25-19(10-15-11-23-20(22)28(15)21)30-16-6-2-13(3-7-16)9-17(29)14-4-5-14;1-13-8-20(26-25-13)29-19-10-17-11-22-12-27(17)21(24-19)23-16-6-2-14(3-7-16)9-18(28)15-4-5-15;1-11-7-15(21-20-11)19-16-18-14(12-5-3-2-4-6-12)8-13-9-17-10-22(13)16;1-11-7-13(20-19-11)17-15-18-14(21-5-3-2-4-6-21)8-12-9-16-10-22(12)15/h1-6,9-10,12,14-15,17H,7-8,11,13H2,(H,27,28,29);2-3,6-8,10-11,14H,4-5,9H2,1H3,(H2,24,25,26,27);2-3,6-8,10-12,15H,4-5,9H2,1H3,(H,23,24)(H,25,26);2-10H,1H3,(H2,18,19,20,21);7-10H,2-6H2,1H3,(H2,17,18,19,20). The Morgan fingerprint density at radius 3 is 1.35 bits per heavy atom. The Morgan fingerprint density at radius 2 is 0.844 bits per heavy atom. The number of aromatic amines is 4. The molecule has 19 aromatic rings. The number of anilines is 10. The average Bonchev–Trinajstić information content (AvgIpc) is 1.91. The molecule has 24 rings (SSSR count). The van der Waals surface area contributed by atoms with E-state index in [1.54, 1.807) is 53.9 Å². The predicted octanol–water partition coefficient (Wildman–Crippen LogP) is 19.4. The van der Waals surface area contributed by atoms with Crippen molar-refractivity contribution in [3.8, 4) is 11.3 Å². The fourth-order valence-electron chi connectivity index (χ4n) is 15.6. The van der Waals surface area contributed by atoms with Crippen LogP contribution in [0.4, 0.5) is 58.7 Å². The molecule has 37 heteroatoms. The minimum atomic E-state index is 0.293. The number of imidazole rings is 5. The number of Topliss-reactive ketones (excluding diaryl/α,β-unsaturated/α-hetero) is 3. The molecule has 0 bridgehead atoms. The van der Waals surface area contributed by atoms with Gasteiger partial charge in [0.25, 0.3) is 0 Å². The number of carbonyl (C=O) groups excluding carboxylic acids is 3. The Hall–Kier alpha value is -15.1. The van der Waals surface area contributed by atoms with Crippen LogP contribution in [0.1, 0.15) is 108 Å². The number of H-pyrrole nitrogens is 4. The summed E-state index contributed by atoms with van der Waals surface area (Å²) in [7, 11) is 0. The highest BCUT2D eigenvalue weighted by Gasteiger charge is 2.32. The lowest BCUT2D eigenvalue weighted by molar-refractivity contribution is -0.120. The Labute approximate surface area is 792 Å². The van der Waals surface area contributed by atoms with Crippen molar-refractivity contribution in [2.75, 3.05) is 44.6 Å². The number of hydrogen-bond acceptors (Lipinski definition) is 27. The van der Waals surface area contributed by atoms with Gasteiger partial charge in [0.15, 0.2) is 17.5 Å². The van der Waals surface area contributed by atoms with E-state index in [0.717, 1.165) is 200 Å². The summed E-state index contributed by atoms with van der Waals surface area (Å²) in [6, 6.07) is 60.4. The number of rotatable bonds is 26. The molecule has 5 aliphatic rings. The van der Waals surface area contributed by atoms with Gasteiger partial charge in [-0.25, -0.2) is 44.9 Å². The number of hydrogen-bond donors (Lipinski definition) is 9. The molecule has 678 valence electrons. The number of ketones is 3. The van der Waals surface area contributed by atoms with Crippen LogP contribution in [0, 0.1) is 45.4 Å². The van der Waals surface area contributed by atoms with Gasteiger partial charge in [0.05, 0.1) is 70.8 Å². The number of amidine groups is 1. The van der Waals surface area contributed by atoms with E-state index in [1.165, 1.54) is 48.3 Å². The van der Waals surface area contributed by atoms with Crippen molar-refractivity contribution in [1.82, 2.24) is 113 Å². The third kappa shape index (κ3) is 21.8. The number of piperidine rings is 1. The van der Waals surface area contributed by atoms with Gasteiger partial charge in [-0.1, -0.05) is 115 Å². The van der Waals surface area contributed by atoms with Crippen molar-refractivity contribution < 1.29 is 14.4 Å². The largest absolute Gasteiger partial charge is 0.356 e. The first-order chi connectivity index (χ1) is 66.0. The molecular formula is C98H93ClN30O3S3. The van der Waals surface area contributed by atoms with Gasteiger partial charge in [-0.15, -0.1) is 0 Å². The molecule has 5 aromatic carbocycles. The number of aryl methyl sites for hydroxylation is 4. The van der Waals surface area contributed by atoms with Crippen molar-refractivity contribution >= 4 is 156 Å². The predicted molar refractivity (Wildman–Crippen MR) is 524 cm³/mol. The molecule has 9 N–H and O–H groups in total. The molecule has 0 radical (unpaired) electrons. The highest BCUT2D eigenvalue weighted by molar-refractivity contribution is 7.99. The van der Waals surface area contributed by atoms with E-state index in [9.17, 15) is 14.4 Å². The fourth-order valence-corrected chi connectivity index (χ4v) is 18.4. The molecule has 0 unspecified atom stereocenters. The first-order valence-electron chi connectivity index (χ1n) is 44.6. The van der Waals surface area contributed by atoms with E-state index in [-0.39, 0.29) is 0 Å². The van der Waals surface area contributed by atoms with Gasteiger partial charge in [0, 0.05) is 124 Å². The Balaban J connectivity index is 0.000000105. The minimum absolute atomic E-state index is 0.293. The Bertz CT molecular complexity index is 7500. The quantitative estimate of drug-likeness (QED) is 0.0227. The maximum absolute atomic E-state index is 12.1. The third-order valence-electron chi connectivity index (χ3n) is 23.1. The summed E-state index contributed by atoms with van der Waals surface area (Å²) in [6.45, 7) is 10.6. The van der Waals surface area contributed by atoms with E-state index in [4.69, 9.17) is 36.5 Å². The summed E-state index contributed by atoms with van der Waals surface area (Å²) in [4.78, 5) is 90.2. The normalized spacial score (nSPS) is 13.8. The molecule has 14 aromatic heterocycles. The molecule has 2 aliphatic heterocycles. The van der Waals surface area contributed by atoms with E-state index < -0.39 is 0 Å². The number of nitrogens with one attached hydrogen (secondary N) is 9. The minimum Gasteiger partial charge on any atom is -0.356 e. The van der Waals surface area contributed by atoms with E-state index in [2.05, 4.69) is 133 Å². The lowest BCUT2D eigenvalue weighted by atomic mass is 10.1. The highest BCUT2D eigenvalue weighted by Crippen LogP contribution is 2.38. The van der Waals surface area contributed by atoms with Crippen LogP contribution in [-0.2, 0) is 40.2 Å². The molecular weight excluding hydrogens is 1780 g/mol. The molecule has 3 saturated carbocycles. The zero-order valence-corrected chi connectivity index (χ0v) is 77.3. The zero-order valence-electron chi connectivity index (χ0n) is 74.1. The van der Waals surface area contributed by atoms with E-state index in [0.29, 0.717) is 95.8 Å². The van der Waals surface area contributed by atoms with Crippen molar-refractivity contribution in [2.45, 2.75) is 141 Å². The summed E-state index contributed by atoms with van der Waals surface area (Å²) in [5.41, 5.74) is 17.1. The van der Waals surface area contributed by atoms with Crippen LogP contribution in [0.3, 0.4) is 0 Å². The van der Waals surface area contributed by atoms with Gasteiger partial charge in [-0.3, -0.25) is 61.8 Å². The van der Waals surface area contributed by atoms with Gasteiger partial charge in [-0.05, 0) is 198 Å². The van der Waals surface area contributed by atoms with Gasteiger partial charge in [-0.2, -0.15) is 25.4 Å². The van der Waals surface area contributed by atoms with Crippen molar-refractivity contribution in [3.63, 3.8) is 0 Å². The zero-order chi connectivity index (χ0) is 91.8. The molecule has 3 aliphatic carbocycles. The van der Waals surface area contributed by atoms with Crippen molar-refractivity contribution in [2.24, 2.45) is 22.7 Å². The lowest BCUT2D eigenvalue weighted by Crippen LogP contribution is -2.30. The number of nitrogens with zero attached hydrogens (tertiary/aromatic N) is 21. The fraction of sp³-hybridized carbons (Fsp3) is 0.224. The average molecular weight is 1870 g/mol. The molecule has 33 nitrogen and oxygen atoms in total. The van der Waals surface area contributed by atoms with Crippen LogP contribution in [-0.4, -0.2) is 149 Å². The smallest absolute Gasteiger partial charge is 0.216 e. The first-order valence-corrected chi connectivity index (χ1v) is 47.4. The number of aliphatic imine (C=N–C) groups is 1. The Kier molecular flexibility index (Phi) is 25.8. The van der Waals surface area contributed by atoms with Crippen LogP contribution < -0.4 is 31.5 Å². The number of halogens is 1. The first kappa shape index (κ1) is 87.8. The van der Waals surface area contributed by atoms with Gasteiger partial charge in [0.2, 0.25) is 35.0 Å². The van der Waals surface area contributed by atoms with Crippen LogP contribution in [0.25, 0.3) is 38.8 Å². The maximum Gasteiger partial charge on any atom is 0.216 e. The monoisotopic (exact) mass is 1870 g/mol. The van der Waals surface area contributed by atoms with Crippen LogP contribution >= 0.6 is 46.9 Å². The molecule has 1 saturated heterocycles. The number of carbonyl (C=O) groups is 3. The Morgan fingerprint density at radius 1 is 0.407 bits per heavy atom. The summed E-state index contributed by atoms with van der Waals surface area (Å²) in [5.74, 6) is 9.25. The second-order valence-corrected chi connectivity index (χ2v) is 37.4. The molecule has 0 atom stereocenters. The summed E-state index contributed by atoms with van der Waals surface area (Å²) < 4.78 is 9.42. The summed E-state index contributed by atoms with van der Waals surface area (Å²) >= 11 is 10.9. The van der Waals surface area contributed by atoms with Crippen molar-refractivity contribution in [1.29, 1.82) is 0 Å². The molecule has 135 heavy (non-hydrogen) atoms. The van der Waals surface area contributed by atoms with Gasteiger partial charge in [0.1, 0.15) is 74.4 Å². The topological polar surface area (TPSA) is 393 Å². The molecule has 0 amide bonds. The molecule has 0 spiro atoms. The lowest BCUT2D eigenvalue weighted by Gasteiger charge is -2.28. The van der Waals surface area contributed by atoms with E-state index in [1.807, 2.05) is 216 Å². The second kappa shape index (κ2) is 39.7. The van der Waals surface area contributed by atoms with Crippen LogP contribution in [0.15, 0.2) is 273 Å². The number of fused-ring (bicyclic) bond motifs is 6. The summed E-state index contributed by atoms with van der Waals surface area (Å²) in [6.07, 6.45) is 27.7. The second-order valence-electron chi connectivity index (χ2n) is 33.8. The van der Waals surface area contributed by atoms with Crippen LogP contribution in [0.2, 0.25) is 5.28 Å². The van der Waals surface area contributed by atoms with Gasteiger partial charge >= 0.3 is 0 Å². The molecule has 16 heterocycles. The third-order valence-corrected chi connectivity index (χ3v) is 26.1. The van der Waals surface area contributed by atoms with Crippen LogP contribution in [0.5, 0.6) is 0 Å².